The van der Waals surface area contributed by atoms with E-state index in [1.54, 1.807) is 18.5 Å². The van der Waals surface area contributed by atoms with E-state index in [1.807, 2.05) is 36.4 Å². The molecule has 0 unspecified atom stereocenters. The van der Waals surface area contributed by atoms with Crippen LogP contribution in [0.25, 0.3) is 33.8 Å². The highest BCUT2D eigenvalue weighted by Crippen LogP contribution is 2.23. The minimum absolute atomic E-state index is 0.0249. The number of hydrogen-bond acceptors (Lipinski definition) is 3. The first kappa shape index (κ1) is 19.6. The molecule has 5 aromatic rings. The number of fused-ring (bicyclic) bond motifs is 2. The van der Waals surface area contributed by atoms with Crippen LogP contribution in [0.1, 0.15) is 27.2 Å². The van der Waals surface area contributed by atoms with Gasteiger partial charge in [0.05, 0.1) is 16.8 Å². The lowest BCUT2D eigenvalue weighted by molar-refractivity contribution is 0.0947. The predicted octanol–water partition coefficient (Wildman–Crippen LogP) is 5.35. The number of carbonyl (C=O) groups is 1. The Hall–Kier alpha value is -4.32. The van der Waals surface area contributed by atoms with Gasteiger partial charge in [-0.15, -0.1) is 0 Å². The SMILES string of the molecule is O=C(NCc1cccnc1)c1cc2c(C=Cc3ccc4ccccc4c3)n[nH]c2cc1F. The van der Waals surface area contributed by atoms with Crippen molar-refractivity contribution in [1.82, 2.24) is 20.5 Å². The van der Waals surface area contributed by atoms with Crippen LogP contribution >= 0.6 is 0 Å². The van der Waals surface area contributed by atoms with Crippen molar-refractivity contribution in [2.75, 3.05) is 0 Å². The zero-order chi connectivity index (χ0) is 21.9. The summed E-state index contributed by atoms with van der Waals surface area (Å²) in [4.78, 5) is 16.6. The van der Waals surface area contributed by atoms with Crippen molar-refractivity contribution in [2.45, 2.75) is 6.54 Å². The maximum Gasteiger partial charge on any atom is 0.254 e. The molecule has 32 heavy (non-hydrogen) atoms. The van der Waals surface area contributed by atoms with Crippen LogP contribution in [0.2, 0.25) is 0 Å². The number of benzene rings is 3. The molecular formula is C26H19FN4O. The Morgan fingerprint density at radius 1 is 1.00 bits per heavy atom. The third-order valence-electron chi connectivity index (χ3n) is 5.31. The standard InChI is InChI=1S/C26H19FN4O/c27-23-14-25-22(13-21(23)26(32)29-16-18-4-3-11-28-15-18)24(30-31-25)10-8-17-7-9-19-5-1-2-6-20(19)12-17/h1-15H,16H2,(H,29,32)(H,30,31). The lowest BCUT2D eigenvalue weighted by atomic mass is 10.1. The first-order valence-corrected chi connectivity index (χ1v) is 10.2. The van der Waals surface area contributed by atoms with E-state index in [0.717, 1.165) is 16.5 Å². The van der Waals surface area contributed by atoms with Gasteiger partial charge in [0.25, 0.3) is 5.91 Å². The lowest BCUT2D eigenvalue weighted by Crippen LogP contribution is -2.23. The number of carbonyl (C=O) groups excluding carboxylic acids is 1. The van der Waals surface area contributed by atoms with E-state index in [9.17, 15) is 9.18 Å². The van der Waals surface area contributed by atoms with Gasteiger partial charge in [0.15, 0.2) is 0 Å². The highest BCUT2D eigenvalue weighted by molar-refractivity contribution is 6.00. The van der Waals surface area contributed by atoms with Crippen molar-refractivity contribution in [3.8, 4) is 0 Å². The normalized spacial score (nSPS) is 11.4. The second-order valence-electron chi connectivity index (χ2n) is 7.47. The van der Waals surface area contributed by atoms with E-state index in [2.05, 4.69) is 44.8 Å². The van der Waals surface area contributed by atoms with Gasteiger partial charge in [-0.2, -0.15) is 5.10 Å². The minimum atomic E-state index is -0.602. The smallest absolute Gasteiger partial charge is 0.254 e. The summed E-state index contributed by atoms with van der Waals surface area (Å²) in [5, 5.41) is 12.9. The van der Waals surface area contributed by atoms with Crippen molar-refractivity contribution in [3.63, 3.8) is 0 Å². The number of halogens is 1. The molecule has 3 aromatic carbocycles. The fraction of sp³-hybridized carbons (Fsp3) is 0.0385. The summed E-state index contributed by atoms with van der Waals surface area (Å²) in [5.41, 5.74) is 3.00. The molecular weight excluding hydrogens is 403 g/mol. The average Bonchev–Trinajstić information content (AvgIpc) is 3.22. The molecule has 2 N–H and O–H groups in total. The molecule has 0 aliphatic carbocycles. The molecule has 0 aliphatic rings. The summed E-state index contributed by atoms with van der Waals surface area (Å²) in [7, 11) is 0. The number of amides is 1. The number of pyridine rings is 1. The Bertz CT molecular complexity index is 1460. The third kappa shape index (κ3) is 3.98. The van der Waals surface area contributed by atoms with Crippen molar-refractivity contribution in [1.29, 1.82) is 0 Å². The molecule has 5 rings (SSSR count). The maximum atomic E-state index is 14.6. The molecule has 0 atom stereocenters. The molecule has 1 amide bonds. The minimum Gasteiger partial charge on any atom is -0.348 e. The molecule has 5 nitrogen and oxygen atoms in total. The maximum absolute atomic E-state index is 14.6. The fourth-order valence-electron chi connectivity index (χ4n) is 3.63. The predicted molar refractivity (Wildman–Crippen MR) is 124 cm³/mol. The van der Waals surface area contributed by atoms with Crippen LogP contribution in [0.5, 0.6) is 0 Å². The van der Waals surface area contributed by atoms with Crippen molar-refractivity contribution in [2.24, 2.45) is 0 Å². The van der Waals surface area contributed by atoms with Gasteiger partial charge in [-0.25, -0.2) is 4.39 Å². The Labute approximate surface area is 183 Å². The third-order valence-corrected chi connectivity index (χ3v) is 5.31. The first-order chi connectivity index (χ1) is 15.7. The number of nitrogens with zero attached hydrogens (tertiary/aromatic N) is 2. The van der Waals surface area contributed by atoms with Gasteiger partial charge in [-0.3, -0.25) is 14.9 Å². The van der Waals surface area contributed by atoms with Crippen molar-refractivity contribution in [3.05, 3.63) is 107 Å². The Kier molecular flexibility index (Phi) is 5.17. The van der Waals surface area contributed by atoms with Gasteiger partial charge >= 0.3 is 0 Å². The highest BCUT2D eigenvalue weighted by atomic mass is 19.1. The Morgan fingerprint density at radius 2 is 1.88 bits per heavy atom. The monoisotopic (exact) mass is 422 g/mol. The largest absolute Gasteiger partial charge is 0.348 e. The number of H-pyrrole nitrogens is 1. The summed E-state index contributed by atoms with van der Waals surface area (Å²) in [5.74, 6) is -1.09. The molecule has 0 radical (unpaired) electrons. The van der Waals surface area contributed by atoms with Gasteiger partial charge in [-0.1, -0.05) is 48.5 Å². The number of nitrogens with one attached hydrogen (secondary N) is 2. The average molecular weight is 422 g/mol. The van der Waals surface area contributed by atoms with Crippen LogP contribution in [0, 0.1) is 5.82 Å². The van der Waals surface area contributed by atoms with Gasteiger partial charge in [-0.05, 0) is 46.2 Å². The zero-order valence-electron chi connectivity index (χ0n) is 17.0. The van der Waals surface area contributed by atoms with Crippen LogP contribution in [-0.2, 0) is 6.54 Å². The summed E-state index contributed by atoms with van der Waals surface area (Å²) in [6.07, 6.45) is 7.13. The molecule has 2 aromatic heterocycles. The molecule has 0 spiro atoms. The van der Waals surface area contributed by atoms with Crippen LogP contribution in [0.3, 0.4) is 0 Å². The van der Waals surface area contributed by atoms with Crippen LogP contribution in [-0.4, -0.2) is 21.1 Å². The molecule has 0 fully saturated rings. The zero-order valence-corrected chi connectivity index (χ0v) is 17.0. The van der Waals surface area contributed by atoms with Gasteiger partial charge in [0.1, 0.15) is 5.82 Å². The van der Waals surface area contributed by atoms with E-state index < -0.39 is 11.7 Å². The van der Waals surface area contributed by atoms with Gasteiger partial charge in [0.2, 0.25) is 0 Å². The van der Waals surface area contributed by atoms with Crippen LogP contribution < -0.4 is 5.32 Å². The molecule has 156 valence electrons. The number of rotatable bonds is 5. The van der Waals surface area contributed by atoms with Crippen molar-refractivity contribution < 1.29 is 9.18 Å². The van der Waals surface area contributed by atoms with Crippen LogP contribution in [0.4, 0.5) is 4.39 Å². The molecule has 6 heteroatoms. The van der Waals surface area contributed by atoms with E-state index in [4.69, 9.17) is 0 Å². The second-order valence-corrected chi connectivity index (χ2v) is 7.47. The fourth-order valence-corrected chi connectivity index (χ4v) is 3.63. The first-order valence-electron chi connectivity index (χ1n) is 10.2. The molecule has 2 heterocycles. The summed E-state index contributed by atoms with van der Waals surface area (Å²) in [6, 6.07) is 20.8. The quantitative estimate of drug-likeness (QED) is 0.401. The topological polar surface area (TPSA) is 70.7 Å². The molecule has 0 bridgehead atoms. The molecule has 0 saturated heterocycles. The summed E-state index contributed by atoms with van der Waals surface area (Å²) in [6.45, 7) is 0.268. The molecule has 0 aliphatic heterocycles. The van der Waals surface area contributed by atoms with Crippen molar-refractivity contribution >= 4 is 39.7 Å². The van der Waals surface area contributed by atoms with E-state index >= 15 is 0 Å². The highest BCUT2D eigenvalue weighted by Gasteiger charge is 2.15. The lowest BCUT2D eigenvalue weighted by Gasteiger charge is -2.06. The number of aromatic nitrogens is 3. The number of hydrogen-bond donors (Lipinski definition) is 2. The van der Waals surface area contributed by atoms with Crippen LogP contribution in [0.15, 0.2) is 79.1 Å². The van der Waals surface area contributed by atoms with E-state index in [-0.39, 0.29) is 12.1 Å². The Balaban J connectivity index is 1.41. The summed E-state index contributed by atoms with van der Waals surface area (Å²) < 4.78 is 14.6. The Morgan fingerprint density at radius 3 is 2.72 bits per heavy atom. The van der Waals surface area contributed by atoms with E-state index in [1.165, 1.54) is 17.5 Å². The van der Waals surface area contributed by atoms with Gasteiger partial charge in [0, 0.05) is 30.4 Å². The van der Waals surface area contributed by atoms with E-state index in [0.29, 0.717) is 16.6 Å². The summed E-state index contributed by atoms with van der Waals surface area (Å²) >= 11 is 0. The second kappa shape index (κ2) is 8.43. The molecule has 0 saturated carbocycles. The number of aromatic amines is 1. The van der Waals surface area contributed by atoms with Gasteiger partial charge < -0.3 is 5.32 Å².